The van der Waals surface area contributed by atoms with Crippen LogP contribution in [0.25, 0.3) is 10.9 Å². The summed E-state index contributed by atoms with van der Waals surface area (Å²) >= 11 is 1.48. The average molecular weight is 650 g/mol. The molecule has 0 bridgehead atoms. The number of hydrogen-bond acceptors (Lipinski definition) is 7. The SMILES string of the molecule is Cc1ccc(SC(CC(=O)c2ccc(C3CCCCC3)cc2)C(=O)NC2CCC(Nc3nc(N(C)C)c4ccccc4n3)CC2)cc1. The van der Waals surface area contributed by atoms with Gasteiger partial charge in [-0.25, -0.2) is 4.98 Å². The highest BCUT2D eigenvalue weighted by Gasteiger charge is 2.29. The van der Waals surface area contributed by atoms with Crippen molar-refractivity contribution in [1.82, 2.24) is 15.3 Å². The highest BCUT2D eigenvalue weighted by atomic mass is 32.2. The Morgan fingerprint density at radius 2 is 1.51 bits per heavy atom. The first-order chi connectivity index (χ1) is 22.8. The zero-order chi connectivity index (χ0) is 32.8. The van der Waals surface area contributed by atoms with E-state index in [1.165, 1.54) is 55.0 Å². The fourth-order valence-corrected chi connectivity index (χ4v) is 7.99. The summed E-state index contributed by atoms with van der Waals surface area (Å²) in [4.78, 5) is 39.9. The molecule has 8 heteroatoms. The van der Waals surface area contributed by atoms with E-state index >= 15 is 0 Å². The number of thioether (sulfide) groups is 1. The van der Waals surface area contributed by atoms with Gasteiger partial charge >= 0.3 is 0 Å². The zero-order valence-electron chi connectivity index (χ0n) is 27.9. The molecule has 6 rings (SSSR count). The minimum absolute atomic E-state index is 0.0142. The summed E-state index contributed by atoms with van der Waals surface area (Å²) in [5, 5.41) is 7.40. The number of para-hydroxylation sites is 1. The third kappa shape index (κ3) is 8.52. The first-order valence-corrected chi connectivity index (χ1v) is 18.1. The van der Waals surface area contributed by atoms with Crippen molar-refractivity contribution in [2.45, 2.75) is 99.3 Å². The summed E-state index contributed by atoms with van der Waals surface area (Å²) in [6.45, 7) is 2.05. The number of carbonyl (C=O) groups excluding carboxylic acids is 2. The van der Waals surface area contributed by atoms with Crippen molar-refractivity contribution in [1.29, 1.82) is 0 Å². The van der Waals surface area contributed by atoms with E-state index in [2.05, 4.69) is 41.8 Å². The van der Waals surface area contributed by atoms with Crippen molar-refractivity contribution in [2.24, 2.45) is 0 Å². The molecular formula is C39H47N5O2S. The molecule has 246 valence electrons. The quantitative estimate of drug-likeness (QED) is 0.125. The van der Waals surface area contributed by atoms with E-state index in [4.69, 9.17) is 9.97 Å². The Morgan fingerprint density at radius 1 is 0.830 bits per heavy atom. The summed E-state index contributed by atoms with van der Waals surface area (Å²) in [6.07, 6.45) is 10.0. The van der Waals surface area contributed by atoms with Crippen molar-refractivity contribution < 1.29 is 9.59 Å². The second-order valence-electron chi connectivity index (χ2n) is 13.5. The molecule has 0 radical (unpaired) electrons. The van der Waals surface area contributed by atoms with Crippen LogP contribution in [0.4, 0.5) is 11.8 Å². The van der Waals surface area contributed by atoms with Gasteiger partial charge in [-0.3, -0.25) is 9.59 Å². The smallest absolute Gasteiger partial charge is 0.234 e. The number of fused-ring (bicyclic) bond motifs is 1. The van der Waals surface area contributed by atoms with E-state index in [1.807, 2.05) is 67.5 Å². The third-order valence-electron chi connectivity index (χ3n) is 9.69. The van der Waals surface area contributed by atoms with Crippen LogP contribution in [0.15, 0.2) is 77.7 Å². The van der Waals surface area contributed by atoms with Crippen LogP contribution in [-0.4, -0.2) is 53.1 Å². The van der Waals surface area contributed by atoms with Crippen molar-refractivity contribution >= 4 is 46.1 Å². The molecule has 7 nitrogen and oxygen atoms in total. The summed E-state index contributed by atoms with van der Waals surface area (Å²) in [6, 6.07) is 24.7. The molecule has 1 aromatic heterocycles. The summed E-state index contributed by atoms with van der Waals surface area (Å²) in [5.74, 6) is 2.09. The van der Waals surface area contributed by atoms with Crippen LogP contribution >= 0.6 is 11.8 Å². The van der Waals surface area contributed by atoms with Gasteiger partial charge < -0.3 is 15.5 Å². The minimum atomic E-state index is -0.505. The normalized spacial score (nSPS) is 19.2. The number of hydrogen-bond donors (Lipinski definition) is 2. The first kappa shape index (κ1) is 33.0. The number of rotatable bonds is 11. The maximum Gasteiger partial charge on any atom is 0.234 e. The minimum Gasteiger partial charge on any atom is -0.362 e. The van der Waals surface area contributed by atoms with Gasteiger partial charge in [0.2, 0.25) is 11.9 Å². The maximum atomic E-state index is 13.8. The molecule has 2 aliphatic carbocycles. The standard InChI is InChI=1S/C39H47N5O2S/c1-26-13-23-32(24-14-26)47-36(25-35(45)29-17-15-28(16-18-29)27-9-5-4-6-10-27)38(46)40-30-19-21-31(22-20-30)41-39-42-34-12-8-7-11-33(34)37(43-39)44(2)3/h7-8,11-18,23-24,27,30-31,36H,4-6,9-10,19-22,25H2,1-3H3,(H,40,46)(H,41,42,43). The van der Waals surface area contributed by atoms with Crippen LogP contribution in [-0.2, 0) is 4.79 Å². The largest absolute Gasteiger partial charge is 0.362 e. The van der Waals surface area contributed by atoms with E-state index in [-0.39, 0.29) is 30.2 Å². The number of nitrogens with zero attached hydrogens (tertiary/aromatic N) is 3. The highest BCUT2D eigenvalue weighted by Crippen LogP contribution is 2.33. The Morgan fingerprint density at radius 3 is 2.21 bits per heavy atom. The molecule has 1 amide bonds. The number of aryl methyl sites for hydroxylation is 1. The average Bonchev–Trinajstić information content (AvgIpc) is 3.09. The molecule has 4 aromatic rings. The van der Waals surface area contributed by atoms with E-state index in [0.29, 0.717) is 17.4 Å². The van der Waals surface area contributed by atoms with Gasteiger partial charge in [-0.1, -0.05) is 73.4 Å². The van der Waals surface area contributed by atoms with Crippen LogP contribution in [0.1, 0.15) is 91.6 Å². The lowest BCUT2D eigenvalue weighted by Gasteiger charge is -2.31. The molecule has 0 spiro atoms. The molecule has 3 aromatic carbocycles. The Hall–Kier alpha value is -3.91. The van der Waals surface area contributed by atoms with Crippen molar-refractivity contribution in [3.63, 3.8) is 0 Å². The number of Topliss-reactive ketones (excluding diaryl/α,β-unsaturated/α-hetero) is 1. The predicted molar refractivity (Wildman–Crippen MR) is 194 cm³/mol. The van der Waals surface area contributed by atoms with Gasteiger partial charge in [-0.15, -0.1) is 11.8 Å². The molecule has 1 atom stereocenters. The lowest BCUT2D eigenvalue weighted by atomic mass is 9.84. The Bertz CT molecular complexity index is 1660. The van der Waals surface area contributed by atoms with Crippen LogP contribution in [0.2, 0.25) is 0 Å². The second kappa shape index (κ2) is 15.3. The zero-order valence-corrected chi connectivity index (χ0v) is 28.7. The number of benzene rings is 3. The predicted octanol–water partition coefficient (Wildman–Crippen LogP) is 8.33. The lowest BCUT2D eigenvalue weighted by molar-refractivity contribution is -0.121. The van der Waals surface area contributed by atoms with Crippen molar-refractivity contribution in [3.05, 3.63) is 89.5 Å². The molecule has 2 saturated carbocycles. The van der Waals surface area contributed by atoms with Gasteiger partial charge in [0.15, 0.2) is 5.78 Å². The molecule has 0 saturated heterocycles. The highest BCUT2D eigenvalue weighted by molar-refractivity contribution is 8.00. The van der Waals surface area contributed by atoms with Gasteiger partial charge in [0.1, 0.15) is 5.82 Å². The first-order valence-electron chi connectivity index (χ1n) is 17.2. The summed E-state index contributed by atoms with van der Waals surface area (Å²) in [7, 11) is 4.00. The number of amides is 1. The molecule has 2 N–H and O–H groups in total. The third-order valence-corrected chi connectivity index (χ3v) is 10.9. The Kier molecular flexibility index (Phi) is 10.8. The summed E-state index contributed by atoms with van der Waals surface area (Å²) < 4.78 is 0. The number of anilines is 2. The number of aromatic nitrogens is 2. The van der Waals surface area contributed by atoms with Gasteiger partial charge in [-0.05, 0) is 81.2 Å². The molecule has 0 aliphatic heterocycles. The van der Waals surface area contributed by atoms with E-state index in [0.717, 1.165) is 47.3 Å². The number of carbonyl (C=O) groups is 2. The van der Waals surface area contributed by atoms with Crippen molar-refractivity contribution in [3.8, 4) is 0 Å². The fraction of sp³-hybridized carbons (Fsp3) is 0.436. The van der Waals surface area contributed by atoms with Crippen LogP contribution in [0.3, 0.4) is 0 Å². The van der Waals surface area contributed by atoms with Gasteiger partial charge in [0.25, 0.3) is 0 Å². The molecule has 2 fully saturated rings. The monoisotopic (exact) mass is 649 g/mol. The fourth-order valence-electron chi connectivity index (χ4n) is 6.96. The molecule has 1 heterocycles. The Balaban J connectivity index is 1.08. The molecule has 1 unspecified atom stereocenters. The van der Waals surface area contributed by atoms with E-state index in [9.17, 15) is 9.59 Å². The van der Waals surface area contributed by atoms with Crippen LogP contribution in [0, 0.1) is 6.92 Å². The van der Waals surface area contributed by atoms with Crippen molar-refractivity contribution in [2.75, 3.05) is 24.3 Å². The summed E-state index contributed by atoms with van der Waals surface area (Å²) in [5.41, 5.74) is 4.11. The Labute approximate surface area is 283 Å². The van der Waals surface area contributed by atoms with E-state index < -0.39 is 5.25 Å². The van der Waals surface area contributed by atoms with Gasteiger partial charge in [0, 0.05) is 48.4 Å². The molecular weight excluding hydrogens is 603 g/mol. The molecule has 47 heavy (non-hydrogen) atoms. The van der Waals surface area contributed by atoms with E-state index in [1.54, 1.807) is 0 Å². The van der Waals surface area contributed by atoms with Crippen LogP contribution < -0.4 is 15.5 Å². The number of ketones is 1. The van der Waals surface area contributed by atoms with Gasteiger partial charge in [-0.2, -0.15) is 4.98 Å². The lowest BCUT2D eigenvalue weighted by Crippen LogP contribution is -2.44. The van der Waals surface area contributed by atoms with Gasteiger partial charge in [0.05, 0.1) is 10.8 Å². The maximum absolute atomic E-state index is 13.8. The van der Waals surface area contributed by atoms with Crippen LogP contribution in [0.5, 0.6) is 0 Å². The number of nitrogens with one attached hydrogen (secondary N) is 2. The second-order valence-corrected chi connectivity index (χ2v) is 14.8. The molecule has 2 aliphatic rings. The topological polar surface area (TPSA) is 87.2 Å².